The normalized spacial score (nSPS) is 11.8. The van der Waals surface area contributed by atoms with Gasteiger partial charge in [-0.05, 0) is 17.7 Å². The Morgan fingerprint density at radius 3 is 2.65 bits per heavy atom. The molecule has 3 aromatic rings. The molecule has 0 radical (unpaired) electrons. The molecule has 0 saturated carbocycles. The van der Waals surface area contributed by atoms with Gasteiger partial charge >= 0.3 is 0 Å². The number of ether oxygens (including phenoxy) is 1. The summed E-state index contributed by atoms with van der Waals surface area (Å²) in [5, 5.41) is 10.7. The van der Waals surface area contributed by atoms with Crippen LogP contribution in [0.5, 0.6) is 0 Å². The molecule has 26 heavy (non-hydrogen) atoms. The van der Waals surface area contributed by atoms with E-state index >= 15 is 0 Å². The van der Waals surface area contributed by atoms with Crippen LogP contribution in [0.2, 0.25) is 0 Å². The number of rotatable bonds is 6. The molecule has 7 nitrogen and oxygen atoms in total. The van der Waals surface area contributed by atoms with Gasteiger partial charge in [0.15, 0.2) is 4.80 Å². The van der Waals surface area contributed by atoms with Crippen molar-refractivity contribution < 1.29 is 14.5 Å². The number of methoxy groups -OCH3 is 1. The van der Waals surface area contributed by atoms with Crippen molar-refractivity contribution >= 4 is 33.1 Å². The molecule has 1 amide bonds. The second kappa shape index (κ2) is 8.03. The summed E-state index contributed by atoms with van der Waals surface area (Å²) in [5.41, 5.74) is 1.70. The van der Waals surface area contributed by atoms with Gasteiger partial charge in [0.05, 0.1) is 28.2 Å². The Bertz CT molecular complexity index is 1010. The molecule has 0 atom stereocenters. The highest BCUT2D eigenvalue weighted by Crippen LogP contribution is 2.17. The number of non-ortho nitro benzene ring substituents is 1. The van der Waals surface area contributed by atoms with Crippen molar-refractivity contribution in [1.29, 1.82) is 0 Å². The highest BCUT2D eigenvalue weighted by atomic mass is 32.1. The minimum atomic E-state index is -0.466. The molecular weight excluding hydrogens is 354 g/mol. The fraction of sp³-hybridized carbons (Fsp3) is 0.222. The highest BCUT2D eigenvalue weighted by Gasteiger charge is 2.09. The van der Waals surface area contributed by atoms with E-state index in [2.05, 4.69) is 4.99 Å². The molecule has 0 spiro atoms. The van der Waals surface area contributed by atoms with E-state index in [1.165, 1.54) is 23.5 Å². The highest BCUT2D eigenvalue weighted by molar-refractivity contribution is 7.16. The van der Waals surface area contributed by atoms with Gasteiger partial charge in [-0.15, -0.1) is 0 Å². The first-order valence-electron chi connectivity index (χ1n) is 7.96. The largest absolute Gasteiger partial charge is 0.383 e. The van der Waals surface area contributed by atoms with Crippen LogP contribution in [0.15, 0.2) is 53.5 Å². The number of carbonyl (C=O) groups is 1. The van der Waals surface area contributed by atoms with E-state index in [4.69, 9.17) is 4.74 Å². The average Bonchev–Trinajstić information content (AvgIpc) is 2.97. The van der Waals surface area contributed by atoms with Gasteiger partial charge in [-0.3, -0.25) is 14.9 Å². The van der Waals surface area contributed by atoms with Crippen LogP contribution >= 0.6 is 11.3 Å². The summed E-state index contributed by atoms with van der Waals surface area (Å²) < 4.78 is 8.17. The number of para-hydroxylation sites is 1. The Morgan fingerprint density at radius 1 is 1.23 bits per heavy atom. The second-order valence-electron chi connectivity index (χ2n) is 5.60. The standard InChI is InChI=1S/C18H17N3O4S/c1-25-11-10-20-15-4-2-3-5-16(15)26-18(20)19-17(22)12-13-6-8-14(9-7-13)21(23)24/h2-9H,10-12H2,1H3. The van der Waals surface area contributed by atoms with Crippen molar-refractivity contribution in [2.45, 2.75) is 13.0 Å². The molecule has 0 aliphatic rings. The predicted octanol–water partition coefficient (Wildman–Crippen LogP) is 2.93. The maximum absolute atomic E-state index is 12.4. The van der Waals surface area contributed by atoms with Crippen molar-refractivity contribution in [3.8, 4) is 0 Å². The number of hydrogen-bond donors (Lipinski definition) is 0. The molecule has 134 valence electrons. The number of amides is 1. The number of nitrogens with zero attached hydrogens (tertiary/aromatic N) is 3. The molecule has 0 aliphatic heterocycles. The van der Waals surface area contributed by atoms with Crippen LogP contribution in [0, 0.1) is 10.1 Å². The van der Waals surface area contributed by atoms with E-state index in [1.807, 2.05) is 28.8 Å². The van der Waals surface area contributed by atoms with Crippen molar-refractivity contribution in [2.75, 3.05) is 13.7 Å². The third-order valence-corrected chi connectivity index (χ3v) is 4.89. The summed E-state index contributed by atoms with van der Waals surface area (Å²) in [4.78, 5) is 27.5. The van der Waals surface area contributed by atoms with E-state index in [9.17, 15) is 14.9 Å². The first kappa shape index (κ1) is 18.0. The number of nitro benzene ring substituents is 1. The van der Waals surface area contributed by atoms with Crippen LogP contribution in [0.1, 0.15) is 5.56 Å². The Kier molecular flexibility index (Phi) is 5.55. The zero-order valence-corrected chi connectivity index (χ0v) is 14.9. The molecule has 0 aliphatic carbocycles. The Morgan fingerprint density at radius 2 is 1.96 bits per heavy atom. The zero-order chi connectivity index (χ0) is 18.5. The van der Waals surface area contributed by atoms with Crippen LogP contribution in [-0.4, -0.2) is 29.1 Å². The lowest BCUT2D eigenvalue weighted by atomic mass is 10.1. The molecule has 0 N–H and O–H groups in total. The number of benzene rings is 2. The summed E-state index contributed by atoms with van der Waals surface area (Å²) >= 11 is 1.45. The zero-order valence-electron chi connectivity index (χ0n) is 14.1. The minimum absolute atomic E-state index is 0.0000478. The summed E-state index contributed by atoms with van der Waals surface area (Å²) in [6.07, 6.45) is 0.0938. The number of aromatic nitrogens is 1. The van der Waals surface area contributed by atoms with Gasteiger partial charge in [0.1, 0.15) is 0 Å². The Hall–Kier alpha value is -2.84. The molecule has 3 rings (SSSR count). The van der Waals surface area contributed by atoms with Gasteiger partial charge in [-0.25, -0.2) is 0 Å². The van der Waals surface area contributed by atoms with Crippen LogP contribution in [0.3, 0.4) is 0 Å². The number of nitro groups is 1. The smallest absolute Gasteiger partial charge is 0.269 e. The van der Waals surface area contributed by atoms with E-state index in [-0.39, 0.29) is 18.0 Å². The fourth-order valence-corrected chi connectivity index (χ4v) is 3.63. The third-order valence-electron chi connectivity index (χ3n) is 3.83. The molecule has 0 bridgehead atoms. The predicted molar refractivity (Wildman–Crippen MR) is 99.1 cm³/mol. The van der Waals surface area contributed by atoms with E-state index in [1.54, 1.807) is 19.2 Å². The summed E-state index contributed by atoms with van der Waals surface area (Å²) in [6, 6.07) is 13.8. The van der Waals surface area contributed by atoms with E-state index in [0.29, 0.717) is 23.5 Å². The number of thiazole rings is 1. The van der Waals surface area contributed by atoms with Gasteiger partial charge < -0.3 is 9.30 Å². The molecule has 0 fully saturated rings. The second-order valence-corrected chi connectivity index (χ2v) is 6.61. The summed E-state index contributed by atoms with van der Waals surface area (Å²) in [7, 11) is 1.63. The van der Waals surface area contributed by atoms with Gasteiger partial charge in [-0.1, -0.05) is 35.6 Å². The molecule has 1 aromatic heterocycles. The molecule has 2 aromatic carbocycles. The third kappa shape index (κ3) is 4.04. The van der Waals surface area contributed by atoms with Crippen LogP contribution in [0.25, 0.3) is 10.2 Å². The quantitative estimate of drug-likeness (QED) is 0.492. The summed E-state index contributed by atoms with van der Waals surface area (Å²) in [6.45, 7) is 1.12. The van der Waals surface area contributed by atoms with Crippen molar-refractivity contribution in [3.63, 3.8) is 0 Å². The molecular formula is C18H17N3O4S. The Balaban J connectivity index is 1.88. The maximum Gasteiger partial charge on any atom is 0.269 e. The molecule has 8 heteroatoms. The lowest BCUT2D eigenvalue weighted by Crippen LogP contribution is -2.19. The monoisotopic (exact) mass is 371 g/mol. The van der Waals surface area contributed by atoms with Crippen molar-refractivity contribution in [2.24, 2.45) is 4.99 Å². The van der Waals surface area contributed by atoms with Crippen molar-refractivity contribution in [3.05, 3.63) is 69.0 Å². The van der Waals surface area contributed by atoms with Crippen molar-refractivity contribution in [1.82, 2.24) is 4.57 Å². The first-order valence-corrected chi connectivity index (χ1v) is 8.78. The molecule has 0 saturated heterocycles. The number of fused-ring (bicyclic) bond motifs is 1. The molecule has 1 heterocycles. The summed E-state index contributed by atoms with van der Waals surface area (Å²) in [5.74, 6) is -0.295. The van der Waals surface area contributed by atoms with Crippen LogP contribution < -0.4 is 4.80 Å². The fourth-order valence-electron chi connectivity index (χ4n) is 2.56. The number of carbonyl (C=O) groups excluding carboxylic acids is 1. The first-order chi connectivity index (χ1) is 12.6. The Labute approximate surface area is 153 Å². The molecule has 0 unspecified atom stereocenters. The lowest BCUT2D eigenvalue weighted by Gasteiger charge is -2.04. The minimum Gasteiger partial charge on any atom is -0.383 e. The average molecular weight is 371 g/mol. The number of hydrogen-bond acceptors (Lipinski definition) is 5. The van der Waals surface area contributed by atoms with Gasteiger partial charge in [-0.2, -0.15) is 4.99 Å². The van der Waals surface area contributed by atoms with E-state index < -0.39 is 4.92 Å². The topological polar surface area (TPSA) is 86.7 Å². The lowest BCUT2D eigenvalue weighted by molar-refractivity contribution is -0.384. The van der Waals surface area contributed by atoms with Gasteiger partial charge in [0.25, 0.3) is 11.6 Å². The van der Waals surface area contributed by atoms with Crippen LogP contribution in [0.4, 0.5) is 5.69 Å². The SMILES string of the molecule is COCCn1c(=NC(=O)Cc2ccc([N+](=O)[O-])cc2)sc2ccccc21. The van der Waals surface area contributed by atoms with Gasteiger partial charge in [0, 0.05) is 25.8 Å². The van der Waals surface area contributed by atoms with E-state index in [0.717, 1.165) is 10.2 Å². The maximum atomic E-state index is 12.4. The van der Waals surface area contributed by atoms with Gasteiger partial charge in [0.2, 0.25) is 0 Å². The van der Waals surface area contributed by atoms with Crippen LogP contribution in [-0.2, 0) is 22.5 Å².